The molecule has 0 spiro atoms. The number of fused-ring (bicyclic) bond motifs is 3. The first-order valence-corrected chi connectivity index (χ1v) is 11.6. The molecule has 0 unspecified atom stereocenters. The van der Waals surface area contributed by atoms with E-state index in [4.69, 9.17) is 17.2 Å². The van der Waals surface area contributed by atoms with E-state index in [1.54, 1.807) is 48.3 Å². The van der Waals surface area contributed by atoms with Crippen molar-refractivity contribution in [1.29, 1.82) is 0 Å². The number of rotatable bonds is 4. The minimum absolute atomic E-state index is 0.671. The molecule has 0 radical (unpaired) electrons. The third-order valence-corrected chi connectivity index (χ3v) is 7.34. The Morgan fingerprint density at radius 1 is 0.781 bits per heavy atom. The number of hydrogen-bond donors (Lipinski definition) is 1. The van der Waals surface area contributed by atoms with E-state index in [1.165, 1.54) is 0 Å². The van der Waals surface area contributed by atoms with Crippen LogP contribution in [0.3, 0.4) is 0 Å². The lowest BCUT2D eigenvalue weighted by Crippen LogP contribution is -1.92. The Bertz CT molecular complexity index is 1680. The van der Waals surface area contributed by atoms with Crippen LogP contribution in [0.2, 0.25) is 0 Å². The topological polar surface area (TPSA) is 84.7 Å². The average Bonchev–Trinajstić information content (AvgIpc) is 3.32. The molecular formula is C22H13N7S3. The number of imidazole rings is 1. The molecule has 0 aliphatic carbocycles. The fourth-order valence-electron chi connectivity index (χ4n) is 3.45. The Hall–Kier alpha value is -3.34. The summed E-state index contributed by atoms with van der Waals surface area (Å²) in [7, 11) is 0. The summed E-state index contributed by atoms with van der Waals surface area (Å²) in [6, 6.07) is 5.86. The fraction of sp³-hybridized carbons (Fsp3) is 0. The van der Waals surface area contributed by atoms with E-state index in [1.807, 2.05) is 53.6 Å². The number of pyridine rings is 4. The predicted molar refractivity (Wildman–Crippen MR) is 128 cm³/mol. The second kappa shape index (κ2) is 7.97. The molecule has 1 N–H and O–H groups in total. The van der Waals surface area contributed by atoms with Crippen molar-refractivity contribution in [3.8, 4) is 0 Å². The van der Waals surface area contributed by atoms with Crippen LogP contribution in [0.4, 0.5) is 0 Å². The van der Waals surface area contributed by atoms with Gasteiger partial charge in [-0.1, -0.05) is 35.7 Å². The fourth-order valence-corrected chi connectivity index (χ4v) is 5.60. The molecule has 0 bridgehead atoms. The summed E-state index contributed by atoms with van der Waals surface area (Å²) < 4.78 is 2.62. The summed E-state index contributed by atoms with van der Waals surface area (Å²) in [6.07, 6.45) is 16.5. The van der Waals surface area contributed by atoms with E-state index in [2.05, 4.69) is 24.9 Å². The van der Waals surface area contributed by atoms with Gasteiger partial charge in [-0.25, -0.2) is 15.0 Å². The molecule has 10 heteroatoms. The van der Waals surface area contributed by atoms with Crippen LogP contribution in [-0.4, -0.2) is 34.3 Å². The standard InChI is InChI=1S/C22H13N7S3/c30-20-14-2-1-4-24-18(14)17(12-27-20)32-21-15-10-23-5-3-13(15)16(11-28-21)31-22-19-25-6-8-29(19)9-7-26-22/h1-12H,(H,27,30). The van der Waals surface area contributed by atoms with Gasteiger partial charge in [0.2, 0.25) is 0 Å². The first-order chi connectivity index (χ1) is 15.8. The number of H-pyrrole nitrogens is 1. The molecule has 0 saturated carbocycles. The normalized spacial score (nSPS) is 11.5. The van der Waals surface area contributed by atoms with Crippen LogP contribution in [0.5, 0.6) is 0 Å². The largest absolute Gasteiger partial charge is 0.351 e. The molecule has 0 amide bonds. The lowest BCUT2D eigenvalue weighted by atomic mass is 10.2. The van der Waals surface area contributed by atoms with Crippen molar-refractivity contribution in [2.45, 2.75) is 19.8 Å². The minimum atomic E-state index is 0.671. The lowest BCUT2D eigenvalue weighted by Gasteiger charge is -2.10. The highest BCUT2D eigenvalue weighted by atomic mass is 32.2. The SMILES string of the molecule is S=c1[nH]cc(Sc2ncc(Sc3nccn4ccnc34)c3ccncc23)c2ncccc12. The predicted octanol–water partition coefficient (Wildman–Crippen LogP) is 5.58. The number of hydrogen-bond acceptors (Lipinski definition) is 8. The van der Waals surface area contributed by atoms with E-state index in [9.17, 15) is 0 Å². The van der Waals surface area contributed by atoms with Gasteiger partial charge in [0.15, 0.2) is 5.65 Å². The average molecular weight is 472 g/mol. The zero-order valence-electron chi connectivity index (χ0n) is 16.3. The Morgan fingerprint density at radius 2 is 1.66 bits per heavy atom. The van der Waals surface area contributed by atoms with Crippen LogP contribution in [0, 0.1) is 4.64 Å². The van der Waals surface area contributed by atoms with Gasteiger partial charge in [0.25, 0.3) is 0 Å². The summed E-state index contributed by atoms with van der Waals surface area (Å²) in [4.78, 5) is 27.7. The molecular weight excluding hydrogens is 458 g/mol. The molecule has 0 fully saturated rings. The van der Waals surface area contributed by atoms with Crippen LogP contribution in [0.15, 0.2) is 93.8 Å². The molecule has 32 heavy (non-hydrogen) atoms. The molecule has 6 aromatic heterocycles. The molecule has 0 atom stereocenters. The van der Waals surface area contributed by atoms with E-state index in [-0.39, 0.29) is 0 Å². The summed E-state index contributed by atoms with van der Waals surface area (Å²) in [5, 5.41) is 4.61. The maximum Gasteiger partial charge on any atom is 0.169 e. The van der Waals surface area contributed by atoms with E-state index < -0.39 is 0 Å². The minimum Gasteiger partial charge on any atom is -0.351 e. The third kappa shape index (κ3) is 3.32. The van der Waals surface area contributed by atoms with Gasteiger partial charge >= 0.3 is 0 Å². The highest BCUT2D eigenvalue weighted by Gasteiger charge is 2.14. The van der Waals surface area contributed by atoms with Crippen molar-refractivity contribution >= 4 is 63.1 Å². The van der Waals surface area contributed by atoms with Crippen LogP contribution < -0.4 is 0 Å². The maximum atomic E-state index is 5.42. The maximum absolute atomic E-state index is 5.42. The lowest BCUT2D eigenvalue weighted by molar-refractivity contribution is 1.03. The van der Waals surface area contributed by atoms with Crippen LogP contribution in [0.1, 0.15) is 0 Å². The summed E-state index contributed by atoms with van der Waals surface area (Å²) in [6.45, 7) is 0. The Morgan fingerprint density at radius 3 is 2.59 bits per heavy atom. The van der Waals surface area contributed by atoms with Crippen molar-refractivity contribution in [2.24, 2.45) is 0 Å². The first kappa shape index (κ1) is 19.4. The van der Waals surface area contributed by atoms with Crippen LogP contribution >= 0.6 is 35.7 Å². The van der Waals surface area contributed by atoms with Gasteiger partial charge in [0.05, 0.1) is 10.4 Å². The highest BCUT2D eigenvalue weighted by molar-refractivity contribution is 8.00. The molecule has 0 saturated heterocycles. The number of nitrogens with zero attached hydrogens (tertiary/aromatic N) is 6. The number of nitrogens with one attached hydrogen (secondary N) is 1. The Kier molecular flexibility index (Phi) is 4.82. The molecule has 0 aromatic carbocycles. The van der Waals surface area contributed by atoms with Crippen LogP contribution in [-0.2, 0) is 0 Å². The summed E-state index contributed by atoms with van der Waals surface area (Å²) >= 11 is 8.50. The van der Waals surface area contributed by atoms with Crippen molar-refractivity contribution in [3.63, 3.8) is 0 Å². The molecule has 6 rings (SSSR count). The number of aromatic amines is 1. The first-order valence-electron chi connectivity index (χ1n) is 9.60. The van der Waals surface area contributed by atoms with Gasteiger partial charge in [-0.15, -0.1) is 0 Å². The second-order valence-corrected chi connectivity index (χ2v) is 9.29. The summed E-state index contributed by atoms with van der Waals surface area (Å²) in [5.74, 6) is 0. The van der Waals surface area contributed by atoms with E-state index in [0.717, 1.165) is 47.2 Å². The van der Waals surface area contributed by atoms with Crippen molar-refractivity contribution < 1.29 is 0 Å². The van der Waals surface area contributed by atoms with E-state index in [0.29, 0.717) is 4.64 Å². The number of aromatic nitrogens is 7. The van der Waals surface area contributed by atoms with Crippen molar-refractivity contribution in [1.82, 2.24) is 34.3 Å². The molecule has 0 aliphatic heterocycles. The third-order valence-electron chi connectivity index (χ3n) is 4.93. The van der Waals surface area contributed by atoms with Crippen molar-refractivity contribution in [3.05, 3.63) is 78.6 Å². The van der Waals surface area contributed by atoms with Gasteiger partial charge in [-0.05, 0) is 18.2 Å². The van der Waals surface area contributed by atoms with Gasteiger partial charge in [0.1, 0.15) is 14.7 Å². The molecule has 6 aromatic rings. The Balaban J connectivity index is 1.45. The van der Waals surface area contributed by atoms with Gasteiger partial charge in [-0.3, -0.25) is 9.97 Å². The zero-order valence-corrected chi connectivity index (χ0v) is 18.8. The van der Waals surface area contributed by atoms with E-state index >= 15 is 0 Å². The Labute approximate surface area is 195 Å². The monoisotopic (exact) mass is 471 g/mol. The molecule has 6 heterocycles. The van der Waals surface area contributed by atoms with Crippen LogP contribution in [0.25, 0.3) is 27.3 Å². The zero-order chi connectivity index (χ0) is 21.5. The molecule has 0 aliphatic rings. The molecule has 154 valence electrons. The second-order valence-electron chi connectivity index (χ2n) is 6.83. The van der Waals surface area contributed by atoms with Crippen molar-refractivity contribution in [2.75, 3.05) is 0 Å². The summed E-state index contributed by atoms with van der Waals surface area (Å²) in [5.41, 5.74) is 1.67. The quantitative estimate of drug-likeness (QED) is 0.334. The van der Waals surface area contributed by atoms with Gasteiger partial charge < -0.3 is 9.38 Å². The van der Waals surface area contributed by atoms with Gasteiger partial charge in [0, 0.05) is 76.8 Å². The van der Waals surface area contributed by atoms with Gasteiger partial charge in [-0.2, -0.15) is 0 Å². The highest BCUT2D eigenvalue weighted by Crippen LogP contribution is 2.39. The molecule has 7 nitrogen and oxygen atoms in total. The smallest absolute Gasteiger partial charge is 0.169 e.